The fourth-order valence-electron chi connectivity index (χ4n) is 2.79. The Balaban J connectivity index is 0.00000261. The van der Waals surface area contributed by atoms with Crippen LogP contribution >= 0.6 is 24.0 Å². The third kappa shape index (κ3) is 6.19. The summed E-state index contributed by atoms with van der Waals surface area (Å²) < 4.78 is 18.7. The molecule has 0 atom stereocenters. The number of rotatable bonds is 5. The smallest absolute Gasteiger partial charge is 0.225 e. The van der Waals surface area contributed by atoms with Gasteiger partial charge < -0.3 is 19.9 Å². The molecule has 1 aliphatic rings. The number of aromatic nitrogens is 2. The van der Waals surface area contributed by atoms with E-state index in [1.165, 1.54) is 12.1 Å². The summed E-state index contributed by atoms with van der Waals surface area (Å²) in [6.45, 7) is 4.37. The molecule has 0 bridgehead atoms. The van der Waals surface area contributed by atoms with Gasteiger partial charge in [-0.3, -0.25) is 4.99 Å². The number of hydrogen-bond donors (Lipinski definition) is 1. The Morgan fingerprint density at radius 2 is 1.93 bits per heavy atom. The number of anilines is 1. The van der Waals surface area contributed by atoms with Gasteiger partial charge in [0, 0.05) is 51.7 Å². The van der Waals surface area contributed by atoms with Gasteiger partial charge >= 0.3 is 0 Å². The van der Waals surface area contributed by atoms with Crippen LogP contribution in [-0.2, 0) is 0 Å². The average Bonchev–Trinajstić information content (AvgIpc) is 2.69. The van der Waals surface area contributed by atoms with Crippen molar-refractivity contribution >= 4 is 35.9 Å². The van der Waals surface area contributed by atoms with Crippen LogP contribution < -0.4 is 15.0 Å². The Morgan fingerprint density at radius 3 is 2.59 bits per heavy atom. The van der Waals surface area contributed by atoms with E-state index in [0.29, 0.717) is 18.9 Å². The molecule has 1 saturated heterocycles. The van der Waals surface area contributed by atoms with E-state index in [9.17, 15) is 4.39 Å². The third-order valence-electron chi connectivity index (χ3n) is 4.08. The van der Waals surface area contributed by atoms with Gasteiger partial charge in [-0.15, -0.1) is 24.0 Å². The summed E-state index contributed by atoms with van der Waals surface area (Å²) in [6, 6.07) is 7.96. The van der Waals surface area contributed by atoms with Crippen molar-refractivity contribution in [1.82, 2.24) is 20.2 Å². The highest BCUT2D eigenvalue weighted by atomic mass is 127. The first kappa shape index (κ1) is 21.1. The molecule has 1 aromatic heterocycles. The van der Waals surface area contributed by atoms with Crippen molar-refractivity contribution in [2.45, 2.75) is 0 Å². The summed E-state index contributed by atoms with van der Waals surface area (Å²) in [5, 5.41) is 3.29. The van der Waals surface area contributed by atoms with Crippen LogP contribution in [0.3, 0.4) is 0 Å². The van der Waals surface area contributed by atoms with E-state index in [1.807, 2.05) is 6.07 Å². The number of aliphatic imine (C=N–C) groups is 1. The van der Waals surface area contributed by atoms with Gasteiger partial charge in [0.2, 0.25) is 5.95 Å². The number of piperazine rings is 1. The van der Waals surface area contributed by atoms with Gasteiger partial charge in [0.15, 0.2) is 5.96 Å². The number of ether oxygens (including phenoxy) is 1. The second kappa shape index (κ2) is 10.9. The molecule has 1 aromatic carbocycles. The summed E-state index contributed by atoms with van der Waals surface area (Å²) >= 11 is 0. The van der Waals surface area contributed by atoms with E-state index in [1.54, 1.807) is 31.6 Å². The zero-order valence-electron chi connectivity index (χ0n) is 15.2. The molecule has 0 unspecified atom stereocenters. The number of nitrogens with one attached hydrogen (secondary N) is 1. The van der Waals surface area contributed by atoms with Crippen LogP contribution in [0.1, 0.15) is 0 Å². The molecule has 9 heteroatoms. The van der Waals surface area contributed by atoms with Gasteiger partial charge in [0.25, 0.3) is 0 Å². The van der Waals surface area contributed by atoms with Crippen molar-refractivity contribution in [2.75, 3.05) is 51.3 Å². The zero-order chi connectivity index (χ0) is 18.2. The molecule has 1 aliphatic heterocycles. The molecule has 0 spiro atoms. The van der Waals surface area contributed by atoms with Crippen LogP contribution in [0.5, 0.6) is 5.75 Å². The topological polar surface area (TPSA) is 65.9 Å². The van der Waals surface area contributed by atoms with Crippen LogP contribution in [0.4, 0.5) is 10.3 Å². The lowest BCUT2D eigenvalue weighted by atomic mass is 10.3. The molecule has 2 heterocycles. The van der Waals surface area contributed by atoms with Crippen molar-refractivity contribution in [3.05, 3.63) is 48.5 Å². The summed E-state index contributed by atoms with van der Waals surface area (Å²) in [5.74, 6) is 1.82. The Morgan fingerprint density at radius 1 is 1.19 bits per heavy atom. The highest BCUT2D eigenvalue weighted by molar-refractivity contribution is 14.0. The summed E-state index contributed by atoms with van der Waals surface area (Å²) in [5.41, 5.74) is 0. The van der Waals surface area contributed by atoms with Gasteiger partial charge in [-0.25, -0.2) is 14.4 Å². The van der Waals surface area contributed by atoms with E-state index in [0.717, 1.165) is 38.1 Å². The highest BCUT2D eigenvalue weighted by Gasteiger charge is 2.20. The lowest BCUT2D eigenvalue weighted by molar-refractivity contribution is 0.313. The van der Waals surface area contributed by atoms with E-state index in [-0.39, 0.29) is 29.8 Å². The van der Waals surface area contributed by atoms with Gasteiger partial charge in [0.05, 0.1) is 6.54 Å². The number of hydrogen-bond acceptors (Lipinski definition) is 5. The fourth-order valence-corrected chi connectivity index (χ4v) is 2.79. The number of nitrogens with zero attached hydrogens (tertiary/aromatic N) is 5. The van der Waals surface area contributed by atoms with Crippen molar-refractivity contribution < 1.29 is 9.13 Å². The predicted octanol–water partition coefficient (Wildman–Crippen LogP) is 2.01. The molecule has 2 aromatic rings. The van der Waals surface area contributed by atoms with Gasteiger partial charge in [-0.05, 0) is 18.2 Å². The Labute approximate surface area is 175 Å². The monoisotopic (exact) mass is 486 g/mol. The largest absolute Gasteiger partial charge is 0.492 e. The number of guanidine groups is 1. The second-order valence-corrected chi connectivity index (χ2v) is 5.80. The molecular formula is C18H24FIN6O. The van der Waals surface area contributed by atoms with Crippen LogP contribution in [0.2, 0.25) is 0 Å². The fraction of sp³-hybridized carbons (Fsp3) is 0.389. The summed E-state index contributed by atoms with van der Waals surface area (Å²) in [7, 11) is 1.77. The molecule has 0 saturated carbocycles. The molecule has 1 N–H and O–H groups in total. The lowest BCUT2D eigenvalue weighted by Crippen LogP contribution is -2.53. The van der Waals surface area contributed by atoms with Crippen molar-refractivity contribution in [3.63, 3.8) is 0 Å². The number of halogens is 2. The minimum absolute atomic E-state index is 0. The maximum Gasteiger partial charge on any atom is 0.225 e. The predicted molar refractivity (Wildman–Crippen MR) is 114 cm³/mol. The van der Waals surface area contributed by atoms with E-state index >= 15 is 0 Å². The molecule has 0 amide bonds. The average molecular weight is 486 g/mol. The molecule has 0 radical (unpaired) electrons. The molecule has 3 rings (SSSR count). The normalized spacial score (nSPS) is 14.5. The van der Waals surface area contributed by atoms with E-state index in [2.05, 4.69) is 30.1 Å². The minimum atomic E-state index is -0.300. The molecule has 27 heavy (non-hydrogen) atoms. The SMILES string of the molecule is CN=C(NCCOc1cccc(F)c1)N1CCN(c2ncccn2)CC1.I. The third-order valence-corrected chi connectivity index (χ3v) is 4.08. The van der Waals surface area contributed by atoms with E-state index in [4.69, 9.17) is 4.74 Å². The standard InChI is InChI=1S/C18H23FN6O.HI/c1-20-17(23-8-13-26-16-5-2-4-15(19)14-16)24-9-11-25(12-10-24)18-21-6-3-7-22-18;/h2-7,14H,8-13H2,1H3,(H,20,23);1H. The summed E-state index contributed by atoms with van der Waals surface area (Å²) in [6.07, 6.45) is 3.52. The first-order valence-corrected chi connectivity index (χ1v) is 8.62. The second-order valence-electron chi connectivity index (χ2n) is 5.80. The van der Waals surface area contributed by atoms with Crippen molar-refractivity contribution in [1.29, 1.82) is 0 Å². The molecule has 7 nitrogen and oxygen atoms in total. The van der Waals surface area contributed by atoms with E-state index < -0.39 is 0 Å². The van der Waals surface area contributed by atoms with Crippen molar-refractivity contribution in [2.24, 2.45) is 4.99 Å². The maximum absolute atomic E-state index is 13.1. The van der Waals surface area contributed by atoms with Gasteiger partial charge in [0.1, 0.15) is 18.2 Å². The first-order chi connectivity index (χ1) is 12.8. The lowest BCUT2D eigenvalue weighted by Gasteiger charge is -2.36. The van der Waals surface area contributed by atoms with Gasteiger partial charge in [-0.2, -0.15) is 0 Å². The van der Waals surface area contributed by atoms with Crippen LogP contribution in [0.25, 0.3) is 0 Å². The molecular weight excluding hydrogens is 462 g/mol. The Hall–Kier alpha value is -2.17. The molecule has 1 fully saturated rings. The quantitative estimate of drug-likeness (QED) is 0.302. The minimum Gasteiger partial charge on any atom is -0.492 e. The molecule has 0 aliphatic carbocycles. The van der Waals surface area contributed by atoms with Crippen molar-refractivity contribution in [3.8, 4) is 5.75 Å². The highest BCUT2D eigenvalue weighted by Crippen LogP contribution is 2.12. The zero-order valence-corrected chi connectivity index (χ0v) is 17.5. The van der Waals surface area contributed by atoms with Crippen LogP contribution in [0.15, 0.2) is 47.7 Å². The van der Waals surface area contributed by atoms with Crippen LogP contribution in [0, 0.1) is 5.82 Å². The Kier molecular flexibility index (Phi) is 8.49. The van der Waals surface area contributed by atoms with Crippen LogP contribution in [-0.4, -0.2) is 67.2 Å². The van der Waals surface area contributed by atoms with Gasteiger partial charge in [-0.1, -0.05) is 6.07 Å². The maximum atomic E-state index is 13.1. The first-order valence-electron chi connectivity index (χ1n) is 8.62. The molecule has 146 valence electrons. The Bertz CT molecular complexity index is 725. The number of benzene rings is 1. The summed E-state index contributed by atoms with van der Waals surface area (Å²) in [4.78, 5) is 17.3.